The monoisotopic (exact) mass is 517 g/mol. The quantitative estimate of drug-likeness (QED) is 0.144. The molecule has 0 aliphatic carbocycles. The first-order valence-electron chi connectivity index (χ1n) is 10.9. The molecule has 4 aromatic rings. The Morgan fingerprint density at radius 2 is 1.73 bits per heavy atom. The Bertz CT molecular complexity index is 1450. The molecule has 0 bridgehead atoms. The van der Waals surface area contributed by atoms with E-state index >= 15 is 0 Å². The average Bonchev–Trinajstić information content (AvgIpc) is 3.46. The smallest absolute Gasteiger partial charge is 0.343 e. The Hall–Kier alpha value is -4.89. The lowest BCUT2D eigenvalue weighted by Gasteiger charge is -2.09. The number of furan rings is 1. The van der Waals surface area contributed by atoms with E-state index in [4.69, 9.17) is 25.5 Å². The van der Waals surface area contributed by atoms with Crippen LogP contribution in [0.1, 0.15) is 36.8 Å². The van der Waals surface area contributed by atoms with Crippen molar-refractivity contribution >= 4 is 41.3 Å². The predicted molar refractivity (Wildman–Crippen MR) is 138 cm³/mol. The van der Waals surface area contributed by atoms with Crippen LogP contribution in [0.5, 0.6) is 11.5 Å². The molecule has 3 aromatic carbocycles. The normalized spacial score (nSPS) is 10.6. The van der Waals surface area contributed by atoms with Crippen LogP contribution in [0.4, 0.5) is 5.69 Å². The third kappa shape index (κ3) is 6.62. The maximum Gasteiger partial charge on any atom is 0.343 e. The lowest BCUT2D eigenvalue weighted by molar-refractivity contribution is 0.0733. The second kappa shape index (κ2) is 11.7. The van der Waals surface area contributed by atoms with Crippen molar-refractivity contribution in [1.82, 2.24) is 5.43 Å². The van der Waals surface area contributed by atoms with Crippen LogP contribution in [-0.4, -0.2) is 31.1 Å². The molecular formula is C27H20ClN3O6. The lowest BCUT2D eigenvalue weighted by atomic mass is 10.2. The molecule has 0 fully saturated rings. The number of rotatable bonds is 8. The van der Waals surface area contributed by atoms with Crippen LogP contribution >= 0.6 is 11.6 Å². The van der Waals surface area contributed by atoms with Crippen LogP contribution in [0.3, 0.4) is 0 Å². The van der Waals surface area contributed by atoms with Crippen LogP contribution in [0.15, 0.2) is 94.6 Å². The summed E-state index contributed by atoms with van der Waals surface area (Å²) in [6.07, 6.45) is 2.72. The molecule has 0 unspecified atom stereocenters. The van der Waals surface area contributed by atoms with Crippen molar-refractivity contribution in [3.63, 3.8) is 0 Å². The van der Waals surface area contributed by atoms with Gasteiger partial charge >= 0.3 is 5.97 Å². The van der Waals surface area contributed by atoms with Crippen molar-refractivity contribution in [3.8, 4) is 11.5 Å². The standard InChI is InChI=1S/C27H20ClN3O6/c1-35-22-5-2-4-18(15-22)27(34)37-23-12-9-20(28)14-19(23)16-29-31-25(32)17-7-10-21(11-8-17)30-26(33)24-6-3-13-36-24/h2-16H,1H3,(H,30,33)(H,31,32)/b29-16+. The number of halogens is 1. The van der Waals surface area contributed by atoms with E-state index < -0.39 is 17.8 Å². The molecule has 37 heavy (non-hydrogen) atoms. The Balaban J connectivity index is 1.39. The lowest BCUT2D eigenvalue weighted by Crippen LogP contribution is -2.18. The molecule has 2 N–H and O–H groups in total. The fourth-order valence-electron chi connectivity index (χ4n) is 3.15. The summed E-state index contributed by atoms with van der Waals surface area (Å²) in [5.74, 6) is -0.604. The zero-order valence-corrected chi connectivity index (χ0v) is 20.2. The van der Waals surface area contributed by atoms with E-state index in [-0.39, 0.29) is 11.5 Å². The van der Waals surface area contributed by atoms with Crippen LogP contribution in [-0.2, 0) is 0 Å². The topological polar surface area (TPSA) is 119 Å². The number of hydrogen-bond donors (Lipinski definition) is 2. The van der Waals surface area contributed by atoms with Crippen LogP contribution in [0.2, 0.25) is 5.02 Å². The van der Waals surface area contributed by atoms with Gasteiger partial charge in [-0.15, -0.1) is 0 Å². The highest BCUT2D eigenvalue weighted by Crippen LogP contribution is 2.23. The predicted octanol–water partition coefficient (Wildman–Crippen LogP) is 5.18. The Labute approximate surface area is 216 Å². The van der Waals surface area contributed by atoms with Gasteiger partial charge in [-0.25, -0.2) is 10.2 Å². The van der Waals surface area contributed by atoms with Gasteiger partial charge in [0.05, 0.1) is 25.2 Å². The highest BCUT2D eigenvalue weighted by molar-refractivity contribution is 6.31. The summed E-state index contributed by atoms with van der Waals surface area (Å²) in [5, 5.41) is 7.01. The molecule has 0 aliphatic rings. The molecule has 10 heteroatoms. The van der Waals surface area contributed by atoms with E-state index in [0.29, 0.717) is 33.1 Å². The maximum absolute atomic E-state index is 12.6. The summed E-state index contributed by atoms with van der Waals surface area (Å²) in [4.78, 5) is 37.1. The number of esters is 1. The summed E-state index contributed by atoms with van der Waals surface area (Å²) >= 11 is 6.09. The van der Waals surface area contributed by atoms with Gasteiger partial charge in [-0.05, 0) is 72.8 Å². The minimum atomic E-state index is -0.598. The largest absolute Gasteiger partial charge is 0.497 e. The molecule has 0 atom stereocenters. The van der Waals surface area contributed by atoms with E-state index in [2.05, 4.69) is 15.8 Å². The Kier molecular flexibility index (Phi) is 7.97. The van der Waals surface area contributed by atoms with Gasteiger partial charge in [-0.1, -0.05) is 17.7 Å². The van der Waals surface area contributed by atoms with E-state index in [1.807, 2.05) is 0 Å². The van der Waals surface area contributed by atoms with Gasteiger partial charge in [0.25, 0.3) is 11.8 Å². The van der Waals surface area contributed by atoms with Gasteiger partial charge in [-0.3, -0.25) is 9.59 Å². The van der Waals surface area contributed by atoms with Gasteiger partial charge in [0, 0.05) is 21.8 Å². The molecule has 0 saturated heterocycles. The van der Waals surface area contributed by atoms with Crippen molar-refractivity contribution in [2.45, 2.75) is 0 Å². The fraction of sp³-hybridized carbons (Fsp3) is 0.0370. The van der Waals surface area contributed by atoms with Crippen molar-refractivity contribution in [2.75, 3.05) is 12.4 Å². The first-order chi connectivity index (χ1) is 17.9. The van der Waals surface area contributed by atoms with Crippen LogP contribution in [0.25, 0.3) is 0 Å². The number of amides is 2. The number of anilines is 1. The minimum Gasteiger partial charge on any atom is -0.497 e. The highest BCUT2D eigenvalue weighted by Gasteiger charge is 2.13. The van der Waals surface area contributed by atoms with E-state index in [1.165, 1.54) is 37.8 Å². The number of carbonyl (C=O) groups excluding carboxylic acids is 3. The summed E-state index contributed by atoms with van der Waals surface area (Å²) in [6, 6.07) is 20.5. The third-order valence-corrected chi connectivity index (χ3v) is 5.23. The zero-order valence-electron chi connectivity index (χ0n) is 19.4. The van der Waals surface area contributed by atoms with Crippen molar-refractivity contribution in [2.24, 2.45) is 5.10 Å². The van der Waals surface area contributed by atoms with Gasteiger partial charge in [0.15, 0.2) is 5.76 Å². The molecule has 0 spiro atoms. The number of ether oxygens (including phenoxy) is 2. The highest BCUT2D eigenvalue weighted by atomic mass is 35.5. The number of hydrogen-bond acceptors (Lipinski definition) is 7. The average molecular weight is 518 g/mol. The second-order valence-electron chi connectivity index (χ2n) is 7.51. The summed E-state index contributed by atoms with van der Waals surface area (Å²) < 4.78 is 15.7. The molecule has 1 heterocycles. The Morgan fingerprint density at radius 3 is 2.46 bits per heavy atom. The van der Waals surface area contributed by atoms with Gasteiger partial charge < -0.3 is 19.2 Å². The number of hydrazone groups is 1. The van der Waals surface area contributed by atoms with Gasteiger partial charge in [0.1, 0.15) is 11.5 Å². The van der Waals surface area contributed by atoms with Crippen molar-refractivity contribution in [1.29, 1.82) is 0 Å². The molecule has 0 aliphatic heterocycles. The maximum atomic E-state index is 12.6. The number of nitrogens with one attached hydrogen (secondary N) is 2. The number of benzene rings is 3. The van der Waals surface area contributed by atoms with Crippen LogP contribution < -0.4 is 20.2 Å². The molecular weight excluding hydrogens is 498 g/mol. The summed E-state index contributed by atoms with van der Waals surface area (Å²) in [5.41, 5.74) is 3.88. The summed E-state index contributed by atoms with van der Waals surface area (Å²) in [6.45, 7) is 0. The minimum absolute atomic E-state index is 0.172. The molecule has 0 radical (unpaired) electrons. The number of carbonyl (C=O) groups is 3. The molecule has 1 aromatic heterocycles. The second-order valence-corrected chi connectivity index (χ2v) is 7.95. The van der Waals surface area contributed by atoms with Crippen molar-refractivity contribution < 1.29 is 28.3 Å². The molecule has 2 amide bonds. The SMILES string of the molecule is COc1cccc(C(=O)Oc2ccc(Cl)cc2/C=N/NC(=O)c2ccc(NC(=O)c3ccco3)cc2)c1. The molecule has 4 rings (SSSR count). The summed E-state index contributed by atoms with van der Waals surface area (Å²) in [7, 11) is 1.50. The molecule has 9 nitrogen and oxygen atoms in total. The number of methoxy groups -OCH3 is 1. The third-order valence-electron chi connectivity index (χ3n) is 5.00. The number of nitrogens with zero attached hydrogens (tertiary/aromatic N) is 1. The van der Waals surface area contributed by atoms with Gasteiger partial charge in [0.2, 0.25) is 0 Å². The first kappa shape index (κ1) is 25.2. The fourth-order valence-corrected chi connectivity index (χ4v) is 3.33. The van der Waals surface area contributed by atoms with Crippen molar-refractivity contribution in [3.05, 3.63) is 113 Å². The van der Waals surface area contributed by atoms with E-state index in [9.17, 15) is 14.4 Å². The Morgan fingerprint density at radius 1 is 0.919 bits per heavy atom. The van der Waals surface area contributed by atoms with Crippen LogP contribution in [0, 0.1) is 0 Å². The first-order valence-corrected chi connectivity index (χ1v) is 11.2. The molecule has 186 valence electrons. The van der Waals surface area contributed by atoms with E-state index in [1.54, 1.807) is 60.7 Å². The van der Waals surface area contributed by atoms with Gasteiger partial charge in [-0.2, -0.15) is 5.10 Å². The molecule has 0 saturated carbocycles. The van der Waals surface area contributed by atoms with E-state index in [0.717, 1.165) is 0 Å². The zero-order chi connectivity index (χ0) is 26.2.